The van der Waals surface area contributed by atoms with E-state index in [1.165, 1.54) is 180 Å². The Kier molecular flexibility index (Phi) is 29.7. The first kappa shape index (κ1) is 83.3. The molecule has 0 radical (unpaired) electrons. The Labute approximate surface area is 648 Å². The first-order valence-corrected chi connectivity index (χ1v) is 37.0. The monoisotopic (exact) mass is 1640 g/mol. The van der Waals surface area contributed by atoms with Gasteiger partial charge in [0.1, 0.15) is 0 Å². The third kappa shape index (κ3) is 16.8. The van der Waals surface area contributed by atoms with Crippen LogP contribution in [0.5, 0.6) is 0 Å². The number of aliphatic hydroxyl groups is 4. The Balaban J connectivity index is 0.00000364. The summed E-state index contributed by atoms with van der Waals surface area (Å²) in [6, 6.07) is 0. The molecule has 0 amide bonds. The molecular formula is C84H114Br4N10O4. The third-order valence-corrected chi connectivity index (χ3v) is 22.9. The van der Waals surface area contributed by atoms with Gasteiger partial charge < -0.3 is 118 Å². The predicted molar refractivity (Wildman–Crippen MR) is 402 cm³/mol. The summed E-state index contributed by atoms with van der Waals surface area (Å²) < 4.78 is 0. The minimum absolute atomic E-state index is 0. The van der Waals surface area contributed by atoms with Crippen molar-refractivity contribution in [2.75, 3.05) is 26.4 Å². The van der Waals surface area contributed by atoms with E-state index in [2.05, 4.69) is 185 Å². The van der Waals surface area contributed by atoms with Gasteiger partial charge in [-0.15, -0.1) is 0 Å². The van der Waals surface area contributed by atoms with Crippen LogP contribution in [0.25, 0.3) is 24.3 Å². The molecule has 14 N–H and O–H groups in total. The van der Waals surface area contributed by atoms with Gasteiger partial charge >= 0.3 is 0 Å². The van der Waals surface area contributed by atoms with Gasteiger partial charge in [-0.05, 0) is 253 Å². The second-order valence-corrected chi connectivity index (χ2v) is 28.6. The van der Waals surface area contributed by atoms with Crippen molar-refractivity contribution in [3.63, 3.8) is 0 Å². The van der Waals surface area contributed by atoms with Crippen LogP contribution in [0.3, 0.4) is 0 Å². The highest BCUT2D eigenvalue weighted by Crippen LogP contribution is 2.35. The SMILES string of the molecule is CCc1c2[nH]c(c1CC)CC1=[NH+]C(=Cc3[nH]c(C)c(c3C)CCc3c(C)[nH]c(c3C)C=C3[NH+]=C(Cc4[nH]c(c(CC)c4CC)CC4=[NH+]C(=Cc5[nH]c(C)c(c5C)CCc5c(C)[nH]c(c5C)C=C5[NH+]=C(C2)C(CCCO)=C5C)C(C)=C4CCCO)C(CCCO)=C3C)C(C)=C1CCCO.[Br-].[Br-].[Br-].[Br-]. The van der Waals surface area contributed by atoms with Gasteiger partial charge in [0.05, 0.1) is 25.7 Å². The number of rotatable bonds is 16. The quantitative estimate of drug-likeness (QED) is 0.0490. The van der Waals surface area contributed by atoms with Crippen LogP contribution in [-0.2, 0) is 77.0 Å². The number of aromatic amines is 6. The number of fused-ring (bicyclic) bond motifs is 16. The number of aromatic nitrogens is 6. The van der Waals surface area contributed by atoms with Crippen LogP contribution in [0.1, 0.15) is 242 Å². The summed E-state index contributed by atoms with van der Waals surface area (Å²) in [6.45, 7) is 36.6. The van der Waals surface area contributed by atoms with Gasteiger partial charge in [0.15, 0.2) is 22.8 Å². The standard InChI is InChI=1S/C84H110N10O4.4BrH/c1-17-57-58(18-2)78-42-82-66(26-22-34-96)50(10)74(90-82)38-70-46(6)62(54(14)86-70)31-32-64-48(8)72(88-56(64)16)40-76-52(12)68(28-24-36-98)84(92-76)44-80-60(20-4)59(19-3)79(94-80)43-83-67(27-23-35-97)51(11)75(91-83)39-71-47(7)63(55(15)87-71)30-29-61-45(5)69(85-53(61)13)37-73-49(9)65(25-21-33-95)81(89-73)41-77(57)93-78;;;;/h37-40,85-88,93-98H,17-36,41-44H2,1-16H3;4*1H. The molecule has 14 nitrogen and oxygen atoms in total. The van der Waals surface area contributed by atoms with Crippen LogP contribution in [0.4, 0.5) is 0 Å². The highest BCUT2D eigenvalue weighted by molar-refractivity contribution is 6.03. The van der Waals surface area contributed by atoms with E-state index in [0.717, 1.165) is 148 Å². The maximum atomic E-state index is 10.2. The van der Waals surface area contributed by atoms with Crippen molar-refractivity contribution >= 4 is 47.2 Å². The zero-order valence-corrected chi connectivity index (χ0v) is 69.9. The lowest BCUT2D eigenvalue weighted by Crippen LogP contribution is -3.00. The molecule has 0 spiro atoms. The fourth-order valence-electron chi connectivity index (χ4n) is 17.3. The van der Waals surface area contributed by atoms with E-state index >= 15 is 0 Å². The Morgan fingerprint density at radius 2 is 0.500 bits per heavy atom. The summed E-state index contributed by atoms with van der Waals surface area (Å²) in [7, 11) is 0. The molecule has 6 aromatic rings. The Morgan fingerprint density at radius 1 is 0.304 bits per heavy atom. The van der Waals surface area contributed by atoms with Gasteiger partial charge in [-0.1, -0.05) is 27.7 Å². The molecule has 0 aliphatic carbocycles. The summed E-state index contributed by atoms with van der Waals surface area (Å²) >= 11 is 0. The van der Waals surface area contributed by atoms with Crippen LogP contribution in [0.15, 0.2) is 67.4 Å². The molecule has 11 heterocycles. The van der Waals surface area contributed by atoms with Crippen molar-refractivity contribution < 1.29 is 108 Å². The molecule has 0 unspecified atom stereocenters. The van der Waals surface area contributed by atoms with Crippen molar-refractivity contribution in [2.24, 2.45) is 0 Å². The van der Waals surface area contributed by atoms with E-state index in [1.807, 2.05) is 0 Å². The largest absolute Gasteiger partial charge is 1.00 e. The van der Waals surface area contributed by atoms with E-state index in [4.69, 9.17) is 0 Å². The summed E-state index contributed by atoms with van der Waals surface area (Å²) in [5, 5.41) is 40.9. The van der Waals surface area contributed by atoms with E-state index in [-0.39, 0.29) is 94.4 Å². The average molecular weight is 1650 g/mol. The van der Waals surface area contributed by atoms with Gasteiger partial charge in [0.2, 0.25) is 22.8 Å². The number of hydrogen-bond acceptors (Lipinski definition) is 4. The number of allylic oxidation sites excluding steroid dienone is 8. The molecule has 5 aliphatic heterocycles. The molecule has 102 heavy (non-hydrogen) atoms. The number of nitrogens with one attached hydrogen (secondary N) is 10. The van der Waals surface area contributed by atoms with Crippen LogP contribution in [-0.4, -0.2) is 99.6 Å². The maximum absolute atomic E-state index is 10.2. The fourth-order valence-corrected chi connectivity index (χ4v) is 17.3. The number of hydrogen-bond donors (Lipinski definition) is 14. The minimum atomic E-state index is 0. The Bertz CT molecular complexity index is 3950. The first-order chi connectivity index (χ1) is 47.2. The number of aliphatic hydroxyl groups excluding tert-OH is 4. The maximum Gasteiger partial charge on any atom is 0.209 e. The first-order valence-electron chi connectivity index (χ1n) is 37.0. The van der Waals surface area contributed by atoms with Gasteiger partial charge in [0.25, 0.3) is 0 Å². The van der Waals surface area contributed by atoms with Crippen molar-refractivity contribution in [3.8, 4) is 0 Å². The average Bonchev–Trinajstić information content (AvgIpc) is 1.63. The summed E-state index contributed by atoms with van der Waals surface area (Å²) in [5.74, 6) is 0. The highest BCUT2D eigenvalue weighted by atomic mass is 79.9. The summed E-state index contributed by atoms with van der Waals surface area (Å²) in [5.41, 5.74) is 49.5. The normalized spacial score (nSPS) is 16.0. The van der Waals surface area contributed by atoms with Gasteiger partial charge in [-0.2, -0.15) is 0 Å². The van der Waals surface area contributed by atoms with Crippen LogP contribution in [0, 0.1) is 55.4 Å². The van der Waals surface area contributed by atoms with Gasteiger partial charge in [-0.3, -0.25) is 0 Å². The van der Waals surface area contributed by atoms with Crippen LogP contribution in [0.2, 0.25) is 0 Å². The van der Waals surface area contributed by atoms with E-state index in [0.29, 0.717) is 25.7 Å². The smallest absolute Gasteiger partial charge is 0.209 e. The molecule has 0 aromatic carbocycles. The molecular weight excluding hydrogens is 1530 g/mol. The molecule has 0 saturated heterocycles. The predicted octanol–water partition coefficient (Wildman–Crippen LogP) is -2.90. The van der Waals surface area contributed by atoms with Gasteiger partial charge in [-0.25, -0.2) is 20.0 Å². The molecule has 18 heteroatoms. The lowest BCUT2D eigenvalue weighted by atomic mass is 9.94. The molecule has 0 atom stereocenters. The van der Waals surface area contributed by atoms with Crippen molar-refractivity contribution in [1.29, 1.82) is 0 Å². The molecule has 552 valence electrons. The van der Waals surface area contributed by atoms with E-state index in [1.54, 1.807) is 0 Å². The zero-order valence-electron chi connectivity index (χ0n) is 63.6. The second kappa shape index (κ2) is 36.4. The fraction of sp³-hybridized carbons (Fsp3) is 0.476. The van der Waals surface area contributed by atoms with Crippen LogP contribution >= 0.6 is 0 Å². The summed E-state index contributed by atoms with van der Waals surface area (Å²) in [4.78, 5) is 39.3. The van der Waals surface area contributed by atoms with Crippen molar-refractivity contribution in [3.05, 3.63) is 202 Å². The topological polar surface area (TPSA) is 232 Å². The number of aryl methyl sites for hydroxylation is 4. The highest BCUT2D eigenvalue weighted by Gasteiger charge is 2.36. The minimum Gasteiger partial charge on any atom is -1.00 e. The van der Waals surface area contributed by atoms with Gasteiger partial charge in [0, 0.05) is 164 Å². The molecule has 0 saturated carbocycles. The molecule has 20 bridgehead atoms. The van der Waals surface area contributed by atoms with Crippen LogP contribution < -0.4 is 87.9 Å². The number of halogens is 4. The van der Waals surface area contributed by atoms with Crippen molar-refractivity contribution in [1.82, 2.24) is 29.9 Å². The van der Waals surface area contributed by atoms with Crippen molar-refractivity contribution in [2.45, 2.75) is 239 Å². The number of H-pyrrole nitrogens is 6. The van der Waals surface area contributed by atoms with E-state index in [9.17, 15) is 20.4 Å². The molecule has 0 fully saturated rings. The zero-order chi connectivity index (χ0) is 70.0. The Hall–Kier alpha value is -5.96. The lowest BCUT2D eigenvalue weighted by Gasteiger charge is -2.06. The molecule has 6 aromatic heterocycles. The lowest BCUT2D eigenvalue weighted by molar-refractivity contribution is -0.388. The molecule has 5 aliphatic rings. The molecule has 11 rings (SSSR count). The third-order valence-electron chi connectivity index (χ3n) is 22.9. The second-order valence-electron chi connectivity index (χ2n) is 28.6. The van der Waals surface area contributed by atoms with E-state index < -0.39 is 0 Å². The Morgan fingerprint density at radius 3 is 0.676 bits per heavy atom. The summed E-state index contributed by atoms with van der Waals surface area (Å²) in [6.07, 6.45) is 25.4.